The smallest absolute Gasteiger partial charge is 0.284 e. The maximum absolute atomic E-state index is 5.42. The Morgan fingerprint density at radius 3 is 2.86 bits per heavy atom. The van der Waals surface area contributed by atoms with Crippen molar-refractivity contribution in [1.29, 1.82) is 0 Å². The number of hydrogen-bond acceptors (Lipinski definition) is 5. The molecule has 1 saturated heterocycles. The highest BCUT2D eigenvalue weighted by molar-refractivity contribution is 7.80. The van der Waals surface area contributed by atoms with Crippen LogP contribution in [0.5, 0.6) is 0 Å². The number of aromatic amines is 1. The maximum Gasteiger partial charge on any atom is 0.284 e. The molecule has 1 fully saturated rings. The van der Waals surface area contributed by atoms with Crippen molar-refractivity contribution in [2.24, 2.45) is 0 Å². The molecule has 6 nitrogen and oxygen atoms in total. The van der Waals surface area contributed by atoms with Crippen molar-refractivity contribution in [2.45, 2.75) is 0 Å². The van der Waals surface area contributed by atoms with Crippen LogP contribution < -0.4 is 5.32 Å². The van der Waals surface area contributed by atoms with E-state index >= 15 is 0 Å². The predicted molar refractivity (Wildman–Crippen MR) is 85.7 cm³/mol. The maximum atomic E-state index is 5.42. The van der Waals surface area contributed by atoms with Crippen LogP contribution in [0, 0.1) is 4.84 Å². The Kier molecular flexibility index (Phi) is 4.28. The van der Waals surface area contributed by atoms with Gasteiger partial charge in [-0.25, -0.2) is 5.10 Å². The van der Waals surface area contributed by atoms with Crippen molar-refractivity contribution in [3.8, 4) is 11.5 Å². The zero-order valence-corrected chi connectivity index (χ0v) is 12.8. The van der Waals surface area contributed by atoms with E-state index < -0.39 is 0 Å². The number of H-pyrrole nitrogens is 1. The van der Waals surface area contributed by atoms with Gasteiger partial charge in [0.2, 0.25) is 5.89 Å². The molecule has 1 aromatic carbocycles. The first-order valence-corrected chi connectivity index (χ1v) is 7.33. The third kappa shape index (κ3) is 3.46. The molecule has 0 amide bonds. The summed E-state index contributed by atoms with van der Waals surface area (Å²) < 4.78 is 10.6. The number of nitrogens with one attached hydrogen (secondary N) is 2. The zero-order chi connectivity index (χ0) is 14.7. The predicted octanol–water partition coefficient (Wildman–Crippen LogP) is 2.43. The highest BCUT2D eigenvalue weighted by Gasteiger charge is 2.14. The van der Waals surface area contributed by atoms with Crippen molar-refractivity contribution in [2.75, 3.05) is 31.6 Å². The Hall–Kier alpha value is -1.77. The monoisotopic (exact) mass is 322 g/mol. The fraction of sp³-hybridized carbons (Fsp3) is 0.308. The van der Waals surface area contributed by atoms with E-state index in [4.69, 9.17) is 33.6 Å². The molecule has 1 aromatic heterocycles. The standard InChI is InChI=1S/C13H14N4O2S2/c20-12(17-4-6-18-7-5-17)14-10-3-1-2-9(8-10)11-15-16-13(21)19-11/h1-3,8H,4-7H2,(H,14,20)(H,16,21). The number of nitrogens with zero attached hydrogens (tertiary/aromatic N) is 2. The normalized spacial score (nSPS) is 15.0. The van der Waals surface area contributed by atoms with Gasteiger partial charge in [-0.1, -0.05) is 6.07 Å². The Bertz CT molecular complexity index is 691. The fourth-order valence-corrected chi connectivity index (χ4v) is 2.48. The molecule has 0 aliphatic carbocycles. The second-order valence-electron chi connectivity index (χ2n) is 4.53. The van der Waals surface area contributed by atoms with Crippen LogP contribution in [0.1, 0.15) is 0 Å². The second-order valence-corrected chi connectivity index (χ2v) is 5.29. The molecule has 8 heteroatoms. The Morgan fingerprint density at radius 2 is 2.14 bits per heavy atom. The highest BCUT2D eigenvalue weighted by atomic mass is 32.1. The van der Waals surface area contributed by atoms with Crippen molar-refractivity contribution >= 4 is 35.2 Å². The minimum absolute atomic E-state index is 0.257. The SMILES string of the molecule is S=C(Nc1cccc(-c2n[nH]c(=S)o2)c1)N1CCOCC1. The molecule has 1 aliphatic heterocycles. The number of morpholine rings is 1. The van der Waals surface area contributed by atoms with Crippen molar-refractivity contribution < 1.29 is 9.15 Å². The number of benzene rings is 1. The molecule has 0 spiro atoms. The summed E-state index contributed by atoms with van der Waals surface area (Å²) in [6, 6.07) is 7.67. The first-order valence-electron chi connectivity index (χ1n) is 6.52. The van der Waals surface area contributed by atoms with E-state index in [-0.39, 0.29) is 4.84 Å². The molecule has 110 valence electrons. The fourth-order valence-electron chi connectivity index (χ4n) is 2.05. The van der Waals surface area contributed by atoms with Crippen molar-refractivity contribution in [3.63, 3.8) is 0 Å². The van der Waals surface area contributed by atoms with Gasteiger partial charge in [0.15, 0.2) is 5.11 Å². The third-order valence-corrected chi connectivity index (χ3v) is 3.63. The quantitative estimate of drug-likeness (QED) is 0.823. The number of hydrogen-bond donors (Lipinski definition) is 2. The molecule has 0 atom stereocenters. The van der Waals surface area contributed by atoms with E-state index in [1.54, 1.807) is 0 Å². The van der Waals surface area contributed by atoms with Crippen molar-refractivity contribution in [3.05, 3.63) is 29.1 Å². The van der Waals surface area contributed by atoms with E-state index in [0.717, 1.165) is 24.3 Å². The van der Waals surface area contributed by atoms with Crippen LogP contribution in [0.25, 0.3) is 11.5 Å². The molecule has 2 aromatic rings. The Balaban J connectivity index is 1.74. The van der Waals surface area contributed by atoms with Crippen LogP contribution in [0.2, 0.25) is 0 Å². The third-order valence-electron chi connectivity index (χ3n) is 3.10. The minimum Gasteiger partial charge on any atom is -0.409 e. The van der Waals surface area contributed by atoms with Crippen molar-refractivity contribution in [1.82, 2.24) is 15.1 Å². The van der Waals surface area contributed by atoms with Crippen LogP contribution in [0.3, 0.4) is 0 Å². The van der Waals surface area contributed by atoms with Gasteiger partial charge in [0.1, 0.15) is 0 Å². The van der Waals surface area contributed by atoms with Gasteiger partial charge in [-0.15, -0.1) is 5.10 Å². The lowest BCUT2D eigenvalue weighted by molar-refractivity contribution is 0.0690. The summed E-state index contributed by atoms with van der Waals surface area (Å²) in [5, 5.41) is 10.5. The molecule has 0 saturated carbocycles. The lowest BCUT2D eigenvalue weighted by Crippen LogP contribution is -2.42. The topological polar surface area (TPSA) is 66.3 Å². The summed E-state index contributed by atoms with van der Waals surface area (Å²) in [4.78, 5) is 2.35. The number of anilines is 1. The van der Waals surface area contributed by atoms with Crippen LogP contribution in [0.4, 0.5) is 5.69 Å². The van der Waals surface area contributed by atoms with E-state index in [2.05, 4.69) is 20.4 Å². The first kappa shape index (κ1) is 14.2. The average Bonchev–Trinajstić information content (AvgIpc) is 2.95. The minimum atomic E-state index is 0.257. The van der Waals surface area contributed by atoms with Crippen LogP contribution in [-0.2, 0) is 4.74 Å². The first-order chi connectivity index (χ1) is 10.2. The molecule has 2 N–H and O–H groups in total. The van der Waals surface area contributed by atoms with E-state index in [1.807, 2.05) is 24.3 Å². The summed E-state index contributed by atoms with van der Waals surface area (Å²) >= 11 is 10.3. The van der Waals surface area contributed by atoms with E-state index in [9.17, 15) is 0 Å². The summed E-state index contributed by atoms with van der Waals surface area (Å²) in [7, 11) is 0. The molecule has 21 heavy (non-hydrogen) atoms. The van der Waals surface area contributed by atoms with Crippen LogP contribution >= 0.6 is 24.4 Å². The second kappa shape index (κ2) is 6.33. The lowest BCUT2D eigenvalue weighted by Gasteiger charge is -2.29. The van der Waals surface area contributed by atoms with Crippen LogP contribution in [0.15, 0.2) is 28.7 Å². The number of thiocarbonyl (C=S) groups is 1. The Morgan fingerprint density at radius 1 is 1.33 bits per heavy atom. The summed E-state index contributed by atoms with van der Waals surface area (Å²) in [5.74, 6) is 0.459. The van der Waals surface area contributed by atoms with Gasteiger partial charge in [-0.05, 0) is 42.6 Å². The van der Waals surface area contributed by atoms with Crippen LogP contribution in [-0.4, -0.2) is 46.5 Å². The highest BCUT2D eigenvalue weighted by Crippen LogP contribution is 2.21. The lowest BCUT2D eigenvalue weighted by atomic mass is 10.2. The van der Waals surface area contributed by atoms with Gasteiger partial charge < -0.3 is 19.4 Å². The molecule has 3 rings (SSSR count). The molecular weight excluding hydrogens is 308 g/mol. The van der Waals surface area contributed by atoms with Gasteiger partial charge >= 0.3 is 0 Å². The number of aromatic nitrogens is 2. The van der Waals surface area contributed by atoms with Gasteiger partial charge in [-0.3, -0.25) is 0 Å². The molecule has 0 bridgehead atoms. The van der Waals surface area contributed by atoms with Gasteiger partial charge in [0.25, 0.3) is 4.84 Å². The van der Waals surface area contributed by atoms with Gasteiger partial charge in [0.05, 0.1) is 13.2 Å². The van der Waals surface area contributed by atoms with Gasteiger partial charge in [0, 0.05) is 24.3 Å². The molecule has 0 radical (unpaired) electrons. The molecular formula is C13H14N4O2S2. The summed E-state index contributed by atoms with van der Waals surface area (Å²) in [6.45, 7) is 3.02. The summed E-state index contributed by atoms with van der Waals surface area (Å²) in [6.07, 6.45) is 0. The average molecular weight is 322 g/mol. The van der Waals surface area contributed by atoms with E-state index in [1.165, 1.54) is 0 Å². The molecule has 2 heterocycles. The number of rotatable bonds is 2. The zero-order valence-electron chi connectivity index (χ0n) is 11.2. The number of ether oxygens (including phenoxy) is 1. The van der Waals surface area contributed by atoms with Gasteiger partial charge in [-0.2, -0.15) is 0 Å². The molecule has 1 aliphatic rings. The Labute approximate surface area is 132 Å². The largest absolute Gasteiger partial charge is 0.409 e. The van der Waals surface area contributed by atoms with E-state index in [0.29, 0.717) is 24.2 Å². The molecule has 0 unspecified atom stereocenters. The summed E-state index contributed by atoms with van der Waals surface area (Å²) in [5.41, 5.74) is 1.71.